The number of hydrogen-bond donors (Lipinski definition) is 1. The molecule has 1 amide bonds. The van der Waals surface area contributed by atoms with Crippen molar-refractivity contribution in [2.45, 2.75) is 6.04 Å². The molecule has 1 saturated heterocycles. The van der Waals surface area contributed by atoms with E-state index in [4.69, 9.17) is 21.1 Å². The number of halogens is 2. The van der Waals surface area contributed by atoms with Crippen LogP contribution >= 0.6 is 11.6 Å². The molecule has 7 heteroatoms. The molecule has 0 saturated carbocycles. The number of morpholine rings is 1. The van der Waals surface area contributed by atoms with E-state index < -0.39 is 0 Å². The van der Waals surface area contributed by atoms with Gasteiger partial charge in [-0.25, -0.2) is 4.39 Å². The van der Waals surface area contributed by atoms with Crippen molar-refractivity contribution in [3.63, 3.8) is 0 Å². The Morgan fingerprint density at radius 3 is 2.48 bits per heavy atom. The van der Waals surface area contributed by atoms with E-state index in [1.165, 1.54) is 24.3 Å². The Balaban J connectivity index is 1.57. The number of nitrogens with one attached hydrogen (secondary N) is 1. The van der Waals surface area contributed by atoms with Crippen LogP contribution in [0.15, 0.2) is 48.5 Å². The number of hydrogen-bond acceptors (Lipinski definition) is 4. The van der Waals surface area contributed by atoms with E-state index in [2.05, 4.69) is 10.2 Å². The van der Waals surface area contributed by atoms with Crippen LogP contribution < -0.4 is 10.1 Å². The van der Waals surface area contributed by atoms with E-state index in [1.54, 1.807) is 0 Å². The smallest absolute Gasteiger partial charge is 0.258 e. The number of rotatable bonds is 7. The Morgan fingerprint density at radius 2 is 1.81 bits per heavy atom. The first-order valence-electron chi connectivity index (χ1n) is 8.84. The standard InChI is InChI=1S/C20H22ClFN2O3/c21-16-3-1-15(2-4-16)19(24-9-11-26-12-10-24)13-23-20(25)14-27-18-7-5-17(22)6-8-18/h1-8,19H,9-14H2,(H,23,25). The predicted octanol–water partition coefficient (Wildman–Crippen LogP) is 3.05. The molecule has 5 nitrogen and oxygen atoms in total. The van der Waals surface area contributed by atoms with Gasteiger partial charge in [-0.1, -0.05) is 23.7 Å². The van der Waals surface area contributed by atoms with E-state index in [0.29, 0.717) is 30.5 Å². The summed E-state index contributed by atoms with van der Waals surface area (Å²) in [6.07, 6.45) is 0. The van der Waals surface area contributed by atoms with E-state index >= 15 is 0 Å². The fourth-order valence-electron chi connectivity index (χ4n) is 2.97. The maximum Gasteiger partial charge on any atom is 0.258 e. The summed E-state index contributed by atoms with van der Waals surface area (Å²) in [7, 11) is 0. The zero-order valence-corrected chi connectivity index (χ0v) is 15.6. The van der Waals surface area contributed by atoms with Gasteiger partial charge in [0.25, 0.3) is 5.91 Å². The molecule has 1 atom stereocenters. The van der Waals surface area contributed by atoms with Gasteiger partial charge in [0.2, 0.25) is 0 Å². The predicted molar refractivity (Wildman–Crippen MR) is 101 cm³/mol. The maximum atomic E-state index is 12.9. The van der Waals surface area contributed by atoms with Crippen LogP contribution in [0.3, 0.4) is 0 Å². The van der Waals surface area contributed by atoms with Crippen LogP contribution in [0.5, 0.6) is 5.75 Å². The minimum absolute atomic E-state index is 0.0286. The third-order valence-corrected chi connectivity index (χ3v) is 4.67. The van der Waals surface area contributed by atoms with E-state index in [-0.39, 0.29) is 24.4 Å². The van der Waals surface area contributed by atoms with Crippen molar-refractivity contribution in [2.75, 3.05) is 39.5 Å². The van der Waals surface area contributed by atoms with Crippen LogP contribution in [0, 0.1) is 5.82 Å². The molecule has 0 aliphatic carbocycles. The quantitative estimate of drug-likeness (QED) is 0.786. The highest BCUT2D eigenvalue weighted by Crippen LogP contribution is 2.23. The highest BCUT2D eigenvalue weighted by Gasteiger charge is 2.23. The van der Waals surface area contributed by atoms with E-state index in [9.17, 15) is 9.18 Å². The summed E-state index contributed by atoms with van der Waals surface area (Å²) in [4.78, 5) is 14.5. The second-order valence-electron chi connectivity index (χ2n) is 6.26. The zero-order chi connectivity index (χ0) is 19.1. The van der Waals surface area contributed by atoms with Gasteiger partial charge < -0.3 is 14.8 Å². The highest BCUT2D eigenvalue weighted by atomic mass is 35.5. The summed E-state index contributed by atoms with van der Waals surface area (Å²) in [6, 6.07) is 13.3. The molecular formula is C20H22ClFN2O3. The van der Waals surface area contributed by atoms with Crippen molar-refractivity contribution in [2.24, 2.45) is 0 Å². The van der Waals surface area contributed by atoms with Gasteiger partial charge in [-0.05, 0) is 42.0 Å². The topological polar surface area (TPSA) is 50.8 Å². The van der Waals surface area contributed by atoms with E-state index in [0.717, 1.165) is 18.7 Å². The summed E-state index contributed by atoms with van der Waals surface area (Å²) < 4.78 is 23.7. The molecule has 0 radical (unpaired) electrons. The SMILES string of the molecule is O=C(COc1ccc(F)cc1)NCC(c1ccc(Cl)cc1)N1CCOCC1. The molecule has 1 heterocycles. The lowest BCUT2D eigenvalue weighted by Gasteiger charge is -2.35. The van der Waals surface area contributed by atoms with Crippen molar-refractivity contribution >= 4 is 17.5 Å². The molecule has 3 rings (SSSR count). The number of carbonyl (C=O) groups is 1. The number of ether oxygens (including phenoxy) is 2. The molecule has 144 valence electrons. The van der Waals surface area contributed by atoms with Crippen LogP contribution in [0.2, 0.25) is 5.02 Å². The normalized spacial score (nSPS) is 15.9. The lowest BCUT2D eigenvalue weighted by molar-refractivity contribution is -0.123. The van der Waals surface area contributed by atoms with Crippen LogP contribution in [0.4, 0.5) is 4.39 Å². The minimum atomic E-state index is -0.344. The number of carbonyl (C=O) groups excluding carboxylic acids is 1. The Labute approximate surface area is 163 Å². The average molecular weight is 393 g/mol. The van der Waals surface area contributed by atoms with Gasteiger partial charge in [-0.2, -0.15) is 0 Å². The molecule has 1 aliphatic rings. The largest absolute Gasteiger partial charge is 0.484 e. The monoisotopic (exact) mass is 392 g/mol. The van der Waals surface area contributed by atoms with Gasteiger partial charge >= 0.3 is 0 Å². The van der Waals surface area contributed by atoms with Crippen LogP contribution in [0.1, 0.15) is 11.6 Å². The first-order chi connectivity index (χ1) is 13.1. The molecule has 27 heavy (non-hydrogen) atoms. The van der Waals surface area contributed by atoms with Gasteiger partial charge in [0.1, 0.15) is 11.6 Å². The van der Waals surface area contributed by atoms with Crippen molar-refractivity contribution in [3.05, 3.63) is 64.9 Å². The Bertz CT molecular complexity index is 734. The Morgan fingerprint density at radius 1 is 1.15 bits per heavy atom. The first-order valence-corrected chi connectivity index (χ1v) is 9.22. The molecular weight excluding hydrogens is 371 g/mol. The Kier molecular flexibility index (Phi) is 7.04. The summed E-state index contributed by atoms with van der Waals surface area (Å²) in [5.74, 6) is -0.122. The van der Waals surface area contributed by atoms with Gasteiger partial charge in [0, 0.05) is 24.7 Å². The van der Waals surface area contributed by atoms with Crippen molar-refractivity contribution in [3.8, 4) is 5.75 Å². The van der Waals surface area contributed by atoms with Gasteiger partial charge in [-0.15, -0.1) is 0 Å². The van der Waals surface area contributed by atoms with Gasteiger partial charge in [0.05, 0.1) is 19.3 Å². The summed E-state index contributed by atoms with van der Waals surface area (Å²) >= 11 is 6.00. The number of nitrogens with zero attached hydrogens (tertiary/aromatic N) is 1. The molecule has 0 spiro atoms. The van der Waals surface area contributed by atoms with Crippen molar-refractivity contribution in [1.82, 2.24) is 10.2 Å². The molecule has 2 aromatic rings. The first kappa shape index (κ1) is 19.6. The maximum absolute atomic E-state index is 12.9. The molecule has 0 bridgehead atoms. The molecule has 0 aromatic heterocycles. The zero-order valence-electron chi connectivity index (χ0n) is 14.9. The second kappa shape index (κ2) is 9.69. The number of benzene rings is 2. The lowest BCUT2D eigenvalue weighted by Crippen LogP contribution is -2.44. The van der Waals surface area contributed by atoms with Crippen molar-refractivity contribution in [1.29, 1.82) is 0 Å². The fourth-order valence-corrected chi connectivity index (χ4v) is 3.10. The molecule has 1 unspecified atom stereocenters. The van der Waals surface area contributed by atoms with Gasteiger partial charge in [0.15, 0.2) is 6.61 Å². The summed E-state index contributed by atoms with van der Waals surface area (Å²) in [6.45, 7) is 3.28. The van der Waals surface area contributed by atoms with Gasteiger partial charge in [-0.3, -0.25) is 9.69 Å². The lowest BCUT2D eigenvalue weighted by atomic mass is 10.0. The van der Waals surface area contributed by atoms with Crippen LogP contribution in [-0.4, -0.2) is 50.3 Å². The minimum Gasteiger partial charge on any atom is -0.484 e. The molecule has 1 aliphatic heterocycles. The summed E-state index contributed by atoms with van der Waals surface area (Å²) in [5, 5.41) is 3.60. The second-order valence-corrected chi connectivity index (χ2v) is 6.70. The average Bonchev–Trinajstić information content (AvgIpc) is 2.70. The third-order valence-electron chi connectivity index (χ3n) is 4.42. The molecule has 2 aromatic carbocycles. The van der Waals surface area contributed by atoms with Crippen molar-refractivity contribution < 1.29 is 18.7 Å². The van der Waals surface area contributed by atoms with Crippen LogP contribution in [0.25, 0.3) is 0 Å². The van der Waals surface area contributed by atoms with E-state index in [1.807, 2.05) is 24.3 Å². The third kappa shape index (κ3) is 5.92. The summed E-state index contributed by atoms with van der Waals surface area (Å²) in [5.41, 5.74) is 1.08. The van der Waals surface area contributed by atoms with Crippen LogP contribution in [-0.2, 0) is 9.53 Å². The molecule has 1 N–H and O–H groups in total. The molecule has 1 fully saturated rings. The fraction of sp³-hybridized carbons (Fsp3) is 0.350. The number of amides is 1. The highest BCUT2D eigenvalue weighted by molar-refractivity contribution is 6.30. The Hall–Kier alpha value is -2.15.